The monoisotopic (exact) mass is 699 g/mol. The normalized spacial score (nSPS) is 38.0. The number of aliphatic hydroxyl groups excluding tert-OH is 1. The summed E-state index contributed by atoms with van der Waals surface area (Å²) in [5, 5.41) is 17.2. The van der Waals surface area contributed by atoms with Crippen molar-refractivity contribution in [1.82, 2.24) is 10.6 Å². The lowest BCUT2D eigenvalue weighted by molar-refractivity contribution is -0.244. The van der Waals surface area contributed by atoms with Crippen LogP contribution >= 0.6 is 0 Å². The average Bonchev–Trinajstić information content (AvgIpc) is 3.54. The summed E-state index contributed by atoms with van der Waals surface area (Å²) in [6, 6.07) is 12.5. The van der Waals surface area contributed by atoms with Crippen molar-refractivity contribution in [2.75, 3.05) is 19.0 Å². The van der Waals surface area contributed by atoms with Crippen molar-refractivity contribution < 1.29 is 19.1 Å². The van der Waals surface area contributed by atoms with Gasteiger partial charge in [-0.2, -0.15) is 0 Å². The van der Waals surface area contributed by atoms with Gasteiger partial charge in [0.15, 0.2) is 0 Å². The van der Waals surface area contributed by atoms with Crippen LogP contribution in [-0.2, 0) is 17.9 Å². The Hall–Kier alpha value is -2.93. The molecule has 0 aliphatic heterocycles. The van der Waals surface area contributed by atoms with Crippen LogP contribution in [0.1, 0.15) is 127 Å². The van der Waals surface area contributed by atoms with Gasteiger partial charge in [0, 0.05) is 44.0 Å². The summed E-state index contributed by atoms with van der Waals surface area (Å²) in [6.45, 7) is 12.8. The van der Waals surface area contributed by atoms with Crippen molar-refractivity contribution in [3.05, 3.63) is 65.0 Å². The zero-order valence-electron chi connectivity index (χ0n) is 32.2. The SMILES string of the molecule is CN(C)c1ccc(CNC(=O)c2ccc(F)c(CNC(=O)C34CCCC3C3CCC5C6(C)CCC(O)C(C)(C)C6CCC5(C)[C@]3(C)CC4)c2)cc1. The summed E-state index contributed by atoms with van der Waals surface area (Å²) in [4.78, 5) is 29.5. The molecule has 0 saturated heterocycles. The second-order valence-corrected chi connectivity index (χ2v) is 18.9. The smallest absolute Gasteiger partial charge is 0.251 e. The third-order valence-corrected chi connectivity index (χ3v) is 16.4. The Morgan fingerprint density at radius 1 is 0.784 bits per heavy atom. The Bertz CT molecular complexity index is 1660. The number of carbonyl (C=O) groups excluding carboxylic acids is 2. The number of carbonyl (C=O) groups is 2. The number of hydrogen-bond acceptors (Lipinski definition) is 4. The molecule has 3 N–H and O–H groups in total. The molecule has 0 bridgehead atoms. The minimum atomic E-state index is -0.406. The molecule has 5 aliphatic rings. The van der Waals surface area contributed by atoms with Gasteiger partial charge in [0.2, 0.25) is 5.91 Å². The predicted molar refractivity (Wildman–Crippen MR) is 201 cm³/mol. The first-order chi connectivity index (χ1) is 24.1. The number of fused-ring (bicyclic) bond motifs is 7. The van der Waals surface area contributed by atoms with Crippen molar-refractivity contribution in [3.8, 4) is 0 Å². The van der Waals surface area contributed by atoms with Crippen LogP contribution in [0.5, 0.6) is 0 Å². The summed E-state index contributed by atoms with van der Waals surface area (Å²) < 4.78 is 15.1. The second-order valence-electron chi connectivity index (χ2n) is 18.9. The minimum absolute atomic E-state index is 0.0566. The van der Waals surface area contributed by atoms with Gasteiger partial charge in [-0.05, 0) is 145 Å². The highest BCUT2D eigenvalue weighted by Gasteiger charge is 2.70. The van der Waals surface area contributed by atoms with Gasteiger partial charge in [0.25, 0.3) is 5.91 Å². The summed E-state index contributed by atoms with van der Waals surface area (Å²) in [7, 11) is 3.98. The lowest BCUT2D eigenvalue weighted by atomic mass is 9.32. The molecule has 5 saturated carbocycles. The first-order valence-electron chi connectivity index (χ1n) is 19.9. The molecule has 7 rings (SSSR count). The Labute approximate surface area is 305 Å². The summed E-state index contributed by atoms with van der Waals surface area (Å²) in [6.07, 6.45) is 11.6. The van der Waals surface area contributed by atoms with Gasteiger partial charge in [-0.1, -0.05) is 53.2 Å². The molecule has 7 heteroatoms. The van der Waals surface area contributed by atoms with Crippen LogP contribution < -0.4 is 15.5 Å². The molecule has 2 aromatic rings. The molecule has 5 fully saturated rings. The Balaban J connectivity index is 1.04. The van der Waals surface area contributed by atoms with E-state index in [0.29, 0.717) is 41.3 Å². The van der Waals surface area contributed by atoms with Crippen molar-refractivity contribution in [2.45, 2.75) is 124 Å². The van der Waals surface area contributed by atoms with E-state index in [0.717, 1.165) is 56.2 Å². The Kier molecular flexibility index (Phi) is 9.20. The maximum atomic E-state index is 15.1. The van der Waals surface area contributed by atoms with Crippen LogP contribution in [0.25, 0.3) is 0 Å². The van der Waals surface area contributed by atoms with E-state index in [1.807, 2.05) is 43.3 Å². The lowest BCUT2D eigenvalue weighted by Crippen LogP contribution is -2.67. The maximum Gasteiger partial charge on any atom is 0.251 e. The van der Waals surface area contributed by atoms with Gasteiger partial charge in [-0.25, -0.2) is 4.39 Å². The third kappa shape index (κ3) is 5.65. The quantitative estimate of drug-likeness (QED) is 0.270. The number of amides is 2. The van der Waals surface area contributed by atoms with Crippen LogP contribution in [0, 0.1) is 56.6 Å². The van der Waals surface area contributed by atoms with E-state index in [1.54, 1.807) is 6.07 Å². The van der Waals surface area contributed by atoms with E-state index in [9.17, 15) is 14.7 Å². The summed E-state index contributed by atoms with van der Waals surface area (Å²) in [5.74, 6) is 1.43. The van der Waals surface area contributed by atoms with Crippen molar-refractivity contribution in [1.29, 1.82) is 0 Å². The number of nitrogens with zero attached hydrogens (tertiary/aromatic N) is 1. The number of halogens is 1. The van der Waals surface area contributed by atoms with Crippen LogP contribution in [0.3, 0.4) is 0 Å². The molecule has 0 radical (unpaired) electrons. The second kappa shape index (κ2) is 12.9. The molecule has 0 heterocycles. The van der Waals surface area contributed by atoms with Crippen LogP contribution in [0.2, 0.25) is 0 Å². The number of nitrogens with one attached hydrogen (secondary N) is 2. The van der Waals surface area contributed by atoms with E-state index in [4.69, 9.17) is 0 Å². The van der Waals surface area contributed by atoms with Crippen LogP contribution in [-0.4, -0.2) is 37.1 Å². The number of anilines is 1. The molecule has 9 atom stereocenters. The molecular formula is C44H62FN3O3. The van der Waals surface area contributed by atoms with Gasteiger partial charge in [-0.15, -0.1) is 0 Å². The van der Waals surface area contributed by atoms with Gasteiger partial charge in [-0.3, -0.25) is 9.59 Å². The van der Waals surface area contributed by atoms with Crippen molar-refractivity contribution in [2.24, 2.45) is 50.7 Å². The highest BCUT2D eigenvalue weighted by molar-refractivity contribution is 5.94. The Morgan fingerprint density at radius 3 is 2.25 bits per heavy atom. The first kappa shape index (κ1) is 36.4. The van der Waals surface area contributed by atoms with E-state index < -0.39 is 11.2 Å². The van der Waals surface area contributed by atoms with Gasteiger partial charge < -0.3 is 20.6 Å². The molecular weight excluding hydrogens is 638 g/mol. The standard InChI is InChI=1S/C44H62FN3O3/c1-40(2)35-18-22-43(5)36(41(35,3)21-19-37(40)49)17-15-32-33-9-8-20-44(33,24-23-42(32,43)4)39(51)47-27-30-25-29(12-16-34(30)45)38(50)46-26-28-10-13-31(14-11-28)48(6)7/h10-14,16,25,32-33,35-37,49H,8-9,15,17-24,26-27H2,1-7H3,(H,46,50)(H,47,51)/t32?,33?,35?,36?,37?,41?,42-,43?,44?/m1/s1. The molecule has 51 heavy (non-hydrogen) atoms. The fraction of sp³-hybridized carbons (Fsp3) is 0.682. The molecule has 2 aromatic carbocycles. The largest absolute Gasteiger partial charge is 0.393 e. The zero-order chi connectivity index (χ0) is 36.6. The fourth-order valence-corrected chi connectivity index (χ4v) is 13.4. The predicted octanol–water partition coefficient (Wildman–Crippen LogP) is 8.65. The minimum Gasteiger partial charge on any atom is -0.393 e. The van der Waals surface area contributed by atoms with E-state index in [1.165, 1.54) is 37.8 Å². The highest BCUT2D eigenvalue weighted by Crippen LogP contribution is 2.76. The molecule has 0 spiro atoms. The summed E-state index contributed by atoms with van der Waals surface area (Å²) >= 11 is 0. The van der Waals surface area contributed by atoms with Gasteiger partial charge >= 0.3 is 0 Å². The molecule has 8 unspecified atom stereocenters. The van der Waals surface area contributed by atoms with E-state index in [2.05, 4.69) is 45.3 Å². The van der Waals surface area contributed by atoms with Gasteiger partial charge in [0.1, 0.15) is 5.82 Å². The topological polar surface area (TPSA) is 81.7 Å². The molecule has 278 valence electrons. The van der Waals surface area contributed by atoms with Gasteiger partial charge in [0.05, 0.1) is 11.5 Å². The molecule has 2 amide bonds. The van der Waals surface area contributed by atoms with E-state index in [-0.39, 0.29) is 46.1 Å². The number of aliphatic hydroxyl groups is 1. The fourth-order valence-electron chi connectivity index (χ4n) is 13.4. The maximum absolute atomic E-state index is 15.1. The lowest BCUT2D eigenvalue weighted by Gasteiger charge is -2.72. The average molecular weight is 700 g/mol. The molecule has 5 aliphatic carbocycles. The number of rotatable bonds is 7. The molecule has 0 aromatic heterocycles. The number of benzene rings is 2. The van der Waals surface area contributed by atoms with E-state index >= 15 is 4.39 Å². The zero-order valence-corrected chi connectivity index (χ0v) is 32.2. The Morgan fingerprint density at radius 2 is 1.53 bits per heavy atom. The molecule has 6 nitrogen and oxygen atoms in total. The highest BCUT2D eigenvalue weighted by atomic mass is 19.1. The number of hydrogen-bond donors (Lipinski definition) is 3. The summed E-state index contributed by atoms with van der Waals surface area (Å²) in [5.41, 5.74) is 2.97. The van der Waals surface area contributed by atoms with Crippen LogP contribution in [0.4, 0.5) is 10.1 Å². The first-order valence-corrected chi connectivity index (χ1v) is 19.9. The van der Waals surface area contributed by atoms with Crippen LogP contribution in [0.15, 0.2) is 42.5 Å². The third-order valence-electron chi connectivity index (χ3n) is 16.4. The van der Waals surface area contributed by atoms with Crippen molar-refractivity contribution in [3.63, 3.8) is 0 Å². The van der Waals surface area contributed by atoms with Crippen molar-refractivity contribution >= 4 is 17.5 Å².